The van der Waals surface area contributed by atoms with E-state index >= 15 is 0 Å². The van der Waals surface area contributed by atoms with Crippen LogP contribution in [0.1, 0.15) is 31.0 Å². The van der Waals surface area contributed by atoms with E-state index < -0.39 is 12.1 Å². The van der Waals surface area contributed by atoms with E-state index in [9.17, 15) is 5.11 Å². The average Bonchev–Trinajstić information content (AvgIpc) is 2.35. The zero-order valence-electron chi connectivity index (χ0n) is 11.7. The second kappa shape index (κ2) is 6.07. The fourth-order valence-corrected chi connectivity index (χ4v) is 1.98. The number of benzene rings is 1. The first-order valence-electron chi connectivity index (χ1n) is 6.08. The molecule has 2 atom stereocenters. The number of rotatable bonds is 5. The van der Waals surface area contributed by atoms with Gasteiger partial charge in [-0.25, -0.2) is 0 Å². The number of aliphatic hydroxyl groups excluding tert-OH is 1. The van der Waals surface area contributed by atoms with Crippen molar-refractivity contribution >= 4 is 0 Å². The molecule has 0 amide bonds. The van der Waals surface area contributed by atoms with E-state index in [1.807, 2.05) is 32.9 Å². The largest absolute Gasteiger partial charge is 0.496 e. The van der Waals surface area contributed by atoms with Crippen LogP contribution in [0.2, 0.25) is 0 Å². The maximum absolute atomic E-state index is 10.1. The predicted octanol–water partition coefficient (Wildman–Crippen LogP) is 2.03. The summed E-state index contributed by atoms with van der Waals surface area (Å²) in [4.78, 5) is 0. The van der Waals surface area contributed by atoms with Crippen LogP contribution in [0, 0.1) is 12.8 Å². The second-order valence-corrected chi connectivity index (χ2v) is 4.84. The van der Waals surface area contributed by atoms with Gasteiger partial charge in [-0.3, -0.25) is 0 Å². The second-order valence-electron chi connectivity index (χ2n) is 4.84. The Kier molecular flexibility index (Phi) is 4.99. The summed E-state index contributed by atoms with van der Waals surface area (Å²) in [7, 11) is 3.18. The van der Waals surface area contributed by atoms with Gasteiger partial charge in [0.25, 0.3) is 0 Å². The molecule has 0 aliphatic carbocycles. The Morgan fingerprint density at radius 3 is 1.89 bits per heavy atom. The van der Waals surface area contributed by atoms with Crippen molar-refractivity contribution in [1.29, 1.82) is 0 Å². The molecule has 102 valence electrons. The molecular formula is C14H23NO3. The lowest BCUT2D eigenvalue weighted by Crippen LogP contribution is -2.31. The van der Waals surface area contributed by atoms with Crippen molar-refractivity contribution in [3.63, 3.8) is 0 Å². The molecule has 3 N–H and O–H groups in total. The molecule has 0 bridgehead atoms. The van der Waals surface area contributed by atoms with Gasteiger partial charge in [-0.1, -0.05) is 13.8 Å². The summed E-state index contributed by atoms with van der Waals surface area (Å²) in [6, 6.07) is 3.26. The summed E-state index contributed by atoms with van der Waals surface area (Å²) in [5, 5.41) is 10.1. The first-order valence-corrected chi connectivity index (χ1v) is 6.08. The van der Waals surface area contributed by atoms with Gasteiger partial charge < -0.3 is 20.3 Å². The molecule has 0 saturated carbocycles. The average molecular weight is 253 g/mol. The number of nitrogens with two attached hydrogens (primary N) is 1. The Hall–Kier alpha value is -1.26. The molecule has 1 aromatic rings. The topological polar surface area (TPSA) is 64.7 Å². The number of ether oxygens (including phenoxy) is 2. The highest BCUT2D eigenvalue weighted by molar-refractivity contribution is 5.50. The smallest absolute Gasteiger partial charge is 0.127 e. The van der Waals surface area contributed by atoms with Crippen LogP contribution in [0.4, 0.5) is 0 Å². The first kappa shape index (κ1) is 14.8. The Morgan fingerprint density at radius 1 is 1.11 bits per heavy atom. The minimum Gasteiger partial charge on any atom is -0.496 e. The van der Waals surface area contributed by atoms with Crippen molar-refractivity contribution in [2.24, 2.45) is 11.7 Å². The fourth-order valence-electron chi connectivity index (χ4n) is 1.98. The van der Waals surface area contributed by atoms with Crippen LogP contribution >= 0.6 is 0 Å². The summed E-state index contributed by atoms with van der Waals surface area (Å²) in [6.45, 7) is 5.81. The quantitative estimate of drug-likeness (QED) is 0.842. The third-order valence-electron chi connectivity index (χ3n) is 3.07. The molecule has 0 radical (unpaired) electrons. The number of hydrogen-bond acceptors (Lipinski definition) is 4. The molecule has 1 aromatic carbocycles. The summed E-state index contributed by atoms with van der Waals surface area (Å²) < 4.78 is 10.7. The molecule has 0 fully saturated rings. The number of methoxy groups -OCH3 is 2. The van der Waals surface area contributed by atoms with Crippen LogP contribution < -0.4 is 15.2 Å². The van der Waals surface area contributed by atoms with E-state index in [1.54, 1.807) is 14.2 Å². The van der Waals surface area contributed by atoms with E-state index in [0.29, 0.717) is 17.1 Å². The minimum absolute atomic E-state index is 0.0655. The maximum Gasteiger partial charge on any atom is 0.127 e. The maximum atomic E-state index is 10.1. The Bertz CT molecular complexity index is 379. The van der Waals surface area contributed by atoms with E-state index in [-0.39, 0.29) is 5.92 Å². The summed E-state index contributed by atoms with van der Waals surface area (Å²) in [5.41, 5.74) is 7.87. The predicted molar refractivity (Wildman–Crippen MR) is 72.1 cm³/mol. The molecule has 0 spiro atoms. The molecule has 0 aromatic heterocycles. The Balaban J connectivity index is 3.28. The third kappa shape index (κ3) is 2.94. The van der Waals surface area contributed by atoms with E-state index in [1.165, 1.54) is 0 Å². The molecule has 1 rings (SSSR count). The van der Waals surface area contributed by atoms with Crippen molar-refractivity contribution in [1.82, 2.24) is 0 Å². The number of aliphatic hydroxyl groups is 1. The van der Waals surface area contributed by atoms with Crippen LogP contribution in [0.25, 0.3) is 0 Å². The highest BCUT2D eigenvalue weighted by Gasteiger charge is 2.26. The lowest BCUT2D eigenvalue weighted by Gasteiger charge is -2.26. The molecule has 0 saturated heterocycles. The number of aryl methyl sites for hydroxylation is 1. The molecular weight excluding hydrogens is 230 g/mol. The molecule has 0 aliphatic rings. The Morgan fingerprint density at radius 2 is 1.56 bits per heavy atom. The van der Waals surface area contributed by atoms with Gasteiger partial charge in [0.05, 0.1) is 31.9 Å². The molecule has 18 heavy (non-hydrogen) atoms. The Labute approximate surface area is 109 Å². The molecule has 0 unspecified atom stereocenters. The minimum atomic E-state index is -0.643. The monoisotopic (exact) mass is 253 g/mol. The highest BCUT2D eigenvalue weighted by Crippen LogP contribution is 2.36. The lowest BCUT2D eigenvalue weighted by atomic mass is 9.92. The van der Waals surface area contributed by atoms with Gasteiger partial charge in [-0.05, 0) is 30.5 Å². The molecule has 4 nitrogen and oxygen atoms in total. The van der Waals surface area contributed by atoms with Crippen LogP contribution in [0.3, 0.4) is 0 Å². The van der Waals surface area contributed by atoms with Gasteiger partial charge in [0.2, 0.25) is 0 Å². The van der Waals surface area contributed by atoms with E-state index in [2.05, 4.69) is 0 Å². The van der Waals surface area contributed by atoms with E-state index in [0.717, 1.165) is 5.56 Å². The van der Waals surface area contributed by atoms with Gasteiger partial charge in [-0.15, -0.1) is 0 Å². The zero-order chi connectivity index (χ0) is 13.9. The van der Waals surface area contributed by atoms with Gasteiger partial charge in [-0.2, -0.15) is 0 Å². The summed E-state index contributed by atoms with van der Waals surface area (Å²) >= 11 is 0. The van der Waals surface area contributed by atoms with Crippen LogP contribution in [-0.4, -0.2) is 25.4 Å². The van der Waals surface area contributed by atoms with Gasteiger partial charge >= 0.3 is 0 Å². The third-order valence-corrected chi connectivity index (χ3v) is 3.07. The lowest BCUT2D eigenvalue weighted by molar-refractivity contribution is 0.0958. The van der Waals surface area contributed by atoms with Crippen molar-refractivity contribution in [3.05, 3.63) is 23.3 Å². The SMILES string of the molecule is COc1cc(C)cc(OC)c1[C@H](N)[C@H](O)C(C)C. The summed E-state index contributed by atoms with van der Waals surface area (Å²) in [5.74, 6) is 1.37. The van der Waals surface area contributed by atoms with Crippen LogP contribution in [-0.2, 0) is 0 Å². The van der Waals surface area contributed by atoms with Crippen molar-refractivity contribution in [2.45, 2.75) is 32.9 Å². The summed E-state index contributed by atoms with van der Waals surface area (Å²) in [6.07, 6.45) is -0.643. The van der Waals surface area contributed by atoms with Gasteiger partial charge in [0.15, 0.2) is 0 Å². The number of hydrogen-bond donors (Lipinski definition) is 2. The van der Waals surface area contributed by atoms with Crippen molar-refractivity contribution < 1.29 is 14.6 Å². The normalized spacial score (nSPS) is 14.4. The van der Waals surface area contributed by atoms with Crippen molar-refractivity contribution in [3.8, 4) is 11.5 Å². The van der Waals surface area contributed by atoms with Crippen LogP contribution in [0.5, 0.6) is 11.5 Å². The van der Waals surface area contributed by atoms with Crippen LogP contribution in [0.15, 0.2) is 12.1 Å². The van der Waals surface area contributed by atoms with Gasteiger partial charge in [0, 0.05) is 0 Å². The first-order chi connectivity index (χ1) is 8.42. The molecule has 0 heterocycles. The molecule has 4 heteroatoms. The zero-order valence-corrected chi connectivity index (χ0v) is 11.7. The van der Waals surface area contributed by atoms with Gasteiger partial charge in [0.1, 0.15) is 11.5 Å². The molecule has 0 aliphatic heterocycles. The van der Waals surface area contributed by atoms with E-state index in [4.69, 9.17) is 15.2 Å². The highest BCUT2D eigenvalue weighted by atomic mass is 16.5. The fraction of sp³-hybridized carbons (Fsp3) is 0.571. The van der Waals surface area contributed by atoms with Crippen molar-refractivity contribution in [2.75, 3.05) is 14.2 Å². The standard InChI is InChI=1S/C14H23NO3/c1-8(2)14(16)13(15)12-10(17-4)6-9(3)7-11(12)18-5/h6-8,13-14,16H,15H2,1-5H3/t13-,14+/m0/s1.